The van der Waals surface area contributed by atoms with Crippen LogP contribution in [0.25, 0.3) is 0 Å². The third-order valence-corrected chi connectivity index (χ3v) is 4.72. The summed E-state index contributed by atoms with van der Waals surface area (Å²) >= 11 is 9.16. The summed E-state index contributed by atoms with van der Waals surface area (Å²) in [5, 5.41) is 20.3. The van der Waals surface area contributed by atoms with E-state index in [1.54, 1.807) is 26.8 Å². The molecule has 162 valence electrons. The lowest BCUT2D eigenvalue weighted by Gasteiger charge is -2.37. The van der Waals surface area contributed by atoms with Gasteiger partial charge in [0.05, 0.1) is 31.9 Å². The molecule has 1 aliphatic heterocycles. The van der Waals surface area contributed by atoms with E-state index in [0.29, 0.717) is 16.8 Å². The number of aromatic nitrogens is 1. The summed E-state index contributed by atoms with van der Waals surface area (Å²) in [5.41, 5.74) is -0.292. The van der Waals surface area contributed by atoms with E-state index < -0.39 is 29.9 Å². The molecule has 0 saturated carbocycles. The minimum absolute atomic E-state index is 0.0122. The van der Waals surface area contributed by atoms with Gasteiger partial charge in [-0.25, -0.2) is 14.6 Å². The summed E-state index contributed by atoms with van der Waals surface area (Å²) < 4.78 is 11.3. The van der Waals surface area contributed by atoms with Crippen molar-refractivity contribution in [1.82, 2.24) is 14.8 Å². The average molecular weight is 495 g/mol. The van der Waals surface area contributed by atoms with Crippen LogP contribution in [0.2, 0.25) is 5.15 Å². The van der Waals surface area contributed by atoms with E-state index in [0.717, 1.165) is 0 Å². The zero-order valence-corrected chi connectivity index (χ0v) is 18.8. The number of hydrogen-bond acceptors (Lipinski definition) is 6. The van der Waals surface area contributed by atoms with Gasteiger partial charge < -0.3 is 24.6 Å². The summed E-state index contributed by atoms with van der Waals surface area (Å²) in [5.74, 6) is 0. The number of hydrogen-bond donors (Lipinski definition) is 2. The monoisotopic (exact) mass is 493 g/mol. The Kier molecular flexibility index (Phi) is 8.10. The number of aliphatic hydroxyl groups is 1. The minimum atomic E-state index is -1.09. The van der Waals surface area contributed by atoms with Crippen molar-refractivity contribution in [3.63, 3.8) is 0 Å². The van der Waals surface area contributed by atoms with Crippen molar-refractivity contribution >= 4 is 39.7 Å². The lowest BCUT2D eigenvalue weighted by Crippen LogP contribution is -2.55. The van der Waals surface area contributed by atoms with Gasteiger partial charge in [0.1, 0.15) is 15.4 Å². The Hall–Kier alpha value is -1.62. The smallest absolute Gasteiger partial charge is 0.410 e. The highest BCUT2D eigenvalue weighted by Crippen LogP contribution is 2.23. The molecule has 1 aromatic rings. The van der Waals surface area contributed by atoms with Crippen LogP contribution in [0.5, 0.6) is 0 Å². The van der Waals surface area contributed by atoms with Crippen LogP contribution in [0.1, 0.15) is 32.4 Å². The van der Waals surface area contributed by atoms with Gasteiger partial charge in [-0.2, -0.15) is 0 Å². The molecule has 0 bridgehead atoms. The third-order valence-electron chi connectivity index (χ3n) is 4.12. The molecule has 1 fully saturated rings. The lowest BCUT2D eigenvalue weighted by atomic mass is 10.1. The van der Waals surface area contributed by atoms with Crippen LogP contribution in [0.4, 0.5) is 9.59 Å². The van der Waals surface area contributed by atoms with Gasteiger partial charge in [-0.05, 0) is 54.4 Å². The molecule has 1 aromatic heterocycles. The molecule has 0 aliphatic carbocycles. The molecule has 2 heterocycles. The first-order valence-electron chi connectivity index (χ1n) is 9.02. The first-order valence-corrected chi connectivity index (χ1v) is 10.2. The summed E-state index contributed by atoms with van der Waals surface area (Å²) in [4.78, 5) is 30.8. The number of pyridine rings is 1. The van der Waals surface area contributed by atoms with Crippen molar-refractivity contribution < 1.29 is 29.3 Å². The number of amides is 2. The zero-order valence-electron chi connectivity index (χ0n) is 16.5. The van der Waals surface area contributed by atoms with E-state index >= 15 is 0 Å². The third kappa shape index (κ3) is 7.29. The van der Waals surface area contributed by atoms with Gasteiger partial charge in [-0.15, -0.1) is 0 Å². The zero-order chi connectivity index (χ0) is 21.8. The first-order chi connectivity index (χ1) is 13.5. The summed E-state index contributed by atoms with van der Waals surface area (Å²) in [7, 11) is 0. The van der Waals surface area contributed by atoms with E-state index in [9.17, 15) is 19.8 Å². The molecule has 29 heavy (non-hydrogen) atoms. The van der Waals surface area contributed by atoms with Gasteiger partial charge in [0.2, 0.25) is 0 Å². The van der Waals surface area contributed by atoms with Gasteiger partial charge >= 0.3 is 12.2 Å². The van der Waals surface area contributed by atoms with Gasteiger partial charge in [-0.1, -0.05) is 11.6 Å². The van der Waals surface area contributed by atoms with Gasteiger partial charge in [0.25, 0.3) is 0 Å². The van der Waals surface area contributed by atoms with Gasteiger partial charge in [0, 0.05) is 13.1 Å². The van der Waals surface area contributed by atoms with Crippen molar-refractivity contribution in [3.8, 4) is 0 Å². The van der Waals surface area contributed by atoms with E-state index in [1.165, 1.54) is 15.9 Å². The molecule has 0 aromatic carbocycles. The predicted octanol–water partition coefficient (Wildman–Crippen LogP) is 3.15. The normalized spacial score (nSPS) is 18.3. The molecule has 2 N–H and O–H groups in total. The van der Waals surface area contributed by atoms with Gasteiger partial charge in [0.15, 0.2) is 0 Å². The first kappa shape index (κ1) is 23.7. The van der Waals surface area contributed by atoms with Crippen LogP contribution in [0, 0.1) is 0 Å². The molecule has 2 atom stereocenters. The average Bonchev–Trinajstić information content (AvgIpc) is 2.59. The second kappa shape index (κ2) is 9.92. The van der Waals surface area contributed by atoms with Crippen molar-refractivity contribution in [2.24, 2.45) is 0 Å². The number of aliphatic hydroxyl groups excluding tert-OH is 1. The second-order valence-electron chi connectivity index (χ2n) is 7.65. The van der Waals surface area contributed by atoms with E-state index in [2.05, 4.69) is 20.9 Å². The fraction of sp³-hybridized carbons (Fsp3) is 0.611. The largest absolute Gasteiger partial charge is 0.465 e. The van der Waals surface area contributed by atoms with Gasteiger partial charge in [-0.3, -0.25) is 4.90 Å². The summed E-state index contributed by atoms with van der Waals surface area (Å²) in [6.07, 6.45) is -2.83. The van der Waals surface area contributed by atoms with Crippen LogP contribution in [0.3, 0.4) is 0 Å². The Morgan fingerprint density at radius 2 is 2.17 bits per heavy atom. The number of ether oxygens (including phenoxy) is 2. The van der Waals surface area contributed by atoms with E-state index in [4.69, 9.17) is 21.1 Å². The number of carbonyl (C=O) groups is 2. The maximum absolute atomic E-state index is 12.7. The Balaban J connectivity index is 2.21. The Morgan fingerprint density at radius 3 is 2.76 bits per heavy atom. The standard InChI is InChI=1S/C18H25BrClN3O6/c1-18(2,3)29-17(27)22(8-12-10-28-5-4-23(12)16(25)26)9-13(24)11-6-14(19)21-15(20)7-11/h6-7,12-13,24H,4-5,8-10H2,1-3H3,(H,25,26). The molecule has 11 heteroatoms. The van der Waals surface area contributed by atoms with Crippen LogP contribution in [-0.4, -0.2) is 81.7 Å². The fourth-order valence-electron chi connectivity index (χ4n) is 2.85. The molecule has 0 radical (unpaired) electrons. The maximum Gasteiger partial charge on any atom is 0.410 e. The number of nitrogens with zero attached hydrogens (tertiary/aromatic N) is 3. The summed E-state index contributed by atoms with van der Waals surface area (Å²) in [6.45, 7) is 5.73. The highest BCUT2D eigenvalue weighted by Gasteiger charge is 2.33. The fourth-order valence-corrected chi connectivity index (χ4v) is 3.63. The second-order valence-corrected chi connectivity index (χ2v) is 8.85. The van der Waals surface area contributed by atoms with E-state index in [1.807, 2.05) is 0 Å². The van der Waals surface area contributed by atoms with Crippen molar-refractivity contribution in [1.29, 1.82) is 0 Å². The number of morpholine rings is 1. The van der Waals surface area contributed by atoms with Crippen LogP contribution < -0.4 is 0 Å². The van der Waals surface area contributed by atoms with E-state index in [-0.39, 0.29) is 31.4 Å². The predicted molar refractivity (Wildman–Crippen MR) is 109 cm³/mol. The van der Waals surface area contributed by atoms with Crippen LogP contribution in [0.15, 0.2) is 16.7 Å². The quantitative estimate of drug-likeness (QED) is 0.605. The van der Waals surface area contributed by atoms with Crippen LogP contribution in [-0.2, 0) is 9.47 Å². The molecule has 1 saturated heterocycles. The molecule has 2 unspecified atom stereocenters. The molecule has 2 amide bonds. The van der Waals surface area contributed by atoms with Crippen molar-refractivity contribution in [2.75, 3.05) is 32.8 Å². The topological polar surface area (TPSA) is 112 Å². The number of carbonyl (C=O) groups excluding carboxylic acids is 1. The molecule has 1 aliphatic rings. The highest BCUT2D eigenvalue weighted by atomic mass is 79.9. The molecule has 2 rings (SSSR count). The molecule has 0 spiro atoms. The maximum atomic E-state index is 12.7. The number of carboxylic acid groups (broad SMARTS) is 1. The molecular formula is C18H25BrClN3O6. The minimum Gasteiger partial charge on any atom is -0.465 e. The summed E-state index contributed by atoms with van der Waals surface area (Å²) in [6, 6.07) is 2.52. The molecular weight excluding hydrogens is 470 g/mol. The Bertz CT molecular complexity index is 725. The van der Waals surface area contributed by atoms with Crippen molar-refractivity contribution in [2.45, 2.75) is 38.5 Å². The molecule has 9 nitrogen and oxygen atoms in total. The lowest BCUT2D eigenvalue weighted by molar-refractivity contribution is -0.0256. The van der Waals surface area contributed by atoms with Crippen LogP contribution >= 0.6 is 27.5 Å². The van der Waals surface area contributed by atoms with Crippen molar-refractivity contribution in [3.05, 3.63) is 27.5 Å². The highest BCUT2D eigenvalue weighted by molar-refractivity contribution is 9.10. The SMILES string of the molecule is CC(C)(C)OC(=O)N(CC(O)c1cc(Cl)nc(Br)c1)CC1COCCN1C(=O)O. The Labute approximate surface area is 182 Å². The Morgan fingerprint density at radius 1 is 1.48 bits per heavy atom. The number of rotatable bonds is 5. The number of halogens is 2.